The van der Waals surface area contributed by atoms with Crippen molar-refractivity contribution in [3.05, 3.63) is 58.1 Å². The van der Waals surface area contributed by atoms with Crippen LogP contribution in [0.2, 0.25) is 5.02 Å². The number of pyridine rings is 1. The molecular weight excluding hydrogens is 326 g/mol. The Bertz CT molecular complexity index is 816. The molecule has 2 aromatic heterocycles. The Labute approximate surface area is 134 Å². The molecule has 0 saturated carbocycles. The van der Waals surface area contributed by atoms with Gasteiger partial charge < -0.3 is 5.11 Å². The number of carboxylic acid groups (broad SMARTS) is 1. The van der Waals surface area contributed by atoms with Gasteiger partial charge in [-0.2, -0.15) is 0 Å². The van der Waals surface area contributed by atoms with Gasteiger partial charge in [0.15, 0.2) is 0 Å². The summed E-state index contributed by atoms with van der Waals surface area (Å²) in [6, 6.07) is 11.1. The Kier molecular flexibility index (Phi) is 4.14. The van der Waals surface area contributed by atoms with E-state index < -0.39 is 5.97 Å². The third kappa shape index (κ3) is 2.90. The molecule has 1 aromatic carbocycles. The Hall–Kier alpha value is -1.56. The van der Waals surface area contributed by atoms with Crippen molar-refractivity contribution >= 4 is 50.8 Å². The number of aromatic carboxylic acids is 1. The van der Waals surface area contributed by atoms with Crippen molar-refractivity contribution in [1.29, 1.82) is 0 Å². The van der Waals surface area contributed by atoms with Crippen LogP contribution in [0.1, 0.15) is 15.2 Å². The molecule has 2 heterocycles. The normalized spacial score (nSPS) is 10.9. The van der Waals surface area contributed by atoms with Crippen molar-refractivity contribution in [3.63, 3.8) is 0 Å². The summed E-state index contributed by atoms with van der Waals surface area (Å²) in [7, 11) is 0. The molecule has 0 unspecified atom stereocenters. The first kappa shape index (κ1) is 14.4. The van der Waals surface area contributed by atoms with E-state index in [1.165, 1.54) is 11.8 Å². The van der Waals surface area contributed by atoms with Crippen molar-refractivity contribution in [2.45, 2.75) is 10.8 Å². The van der Waals surface area contributed by atoms with E-state index in [0.29, 0.717) is 10.8 Å². The number of hydrogen-bond acceptors (Lipinski definition) is 4. The lowest BCUT2D eigenvalue weighted by Gasteiger charge is -2.03. The van der Waals surface area contributed by atoms with Gasteiger partial charge >= 0.3 is 5.97 Å². The van der Waals surface area contributed by atoms with Crippen LogP contribution in [0.3, 0.4) is 0 Å². The third-order valence-electron chi connectivity index (χ3n) is 2.94. The maximum atomic E-state index is 11.2. The van der Waals surface area contributed by atoms with Crippen LogP contribution >= 0.6 is 34.7 Å². The number of nitrogens with zero attached hydrogens (tertiary/aromatic N) is 1. The van der Waals surface area contributed by atoms with E-state index in [2.05, 4.69) is 4.98 Å². The molecule has 0 aliphatic heterocycles. The van der Waals surface area contributed by atoms with Crippen LogP contribution < -0.4 is 0 Å². The number of carbonyl (C=O) groups is 1. The standard InChI is InChI=1S/C15H10ClNO2S2/c16-13-9-4-1-2-6-11(9)21-12(13)8-20-14-10(15(18)19)5-3-7-17-14/h1-7H,8H2,(H,18,19). The second-order valence-corrected chi connectivity index (χ2v) is 6.76. The predicted octanol–water partition coefficient (Wildman–Crippen LogP) is 4.94. The van der Waals surface area contributed by atoms with E-state index in [-0.39, 0.29) is 5.56 Å². The van der Waals surface area contributed by atoms with E-state index in [1.54, 1.807) is 29.7 Å². The molecule has 0 fully saturated rings. The molecule has 1 N–H and O–H groups in total. The fraction of sp³-hybridized carbons (Fsp3) is 0.0667. The average Bonchev–Trinajstić information content (AvgIpc) is 2.82. The zero-order valence-electron chi connectivity index (χ0n) is 10.7. The number of benzene rings is 1. The molecule has 106 valence electrons. The smallest absolute Gasteiger partial charge is 0.338 e. The van der Waals surface area contributed by atoms with Crippen molar-refractivity contribution < 1.29 is 9.90 Å². The number of halogens is 1. The summed E-state index contributed by atoms with van der Waals surface area (Å²) in [6.07, 6.45) is 1.60. The SMILES string of the molecule is O=C(O)c1cccnc1SCc1sc2ccccc2c1Cl. The van der Waals surface area contributed by atoms with Crippen molar-refractivity contribution in [1.82, 2.24) is 4.98 Å². The van der Waals surface area contributed by atoms with Crippen LogP contribution in [0.4, 0.5) is 0 Å². The molecule has 3 rings (SSSR count). The molecule has 0 amide bonds. The van der Waals surface area contributed by atoms with Gasteiger partial charge in [0, 0.05) is 26.9 Å². The number of carboxylic acids is 1. The fourth-order valence-electron chi connectivity index (χ4n) is 1.96. The highest BCUT2D eigenvalue weighted by Crippen LogP contribution is 2.38. The molecule has 0 radical (unpaired) electrons. The number of thioether (sulfide) groups is 1. The number of fused-ring (bicyclic) bond motifs is 1. The minimum atomic E-state index is -0.965. The summed E-state index contributed by atoms with van der Waals surface area (Å²) >= 11 is 9.41. The minimum Gasteiger partial charge on any atom is -0.478 e. The zero-order chi connectivity index (χ0) is 14.8. The number of thiophene rings is 1. The number of hydrogen-bond donors (Lipinski definition) is 1. The lowest BCUT2D eigenvalue weighted by atomic mass is 10.2. The second kappa shape index (κ2) is 6.05. The van der Waals surface area contributed by atoms with Crippen LogP contribution in [0, 0.1) is 0 Å². The van der Waals surface area contributed by atoms with Crippen molar-refractivity contribution in [2.24, 2.45) is 0 Å². The van der Waals surface area contributed by atoms with Gasteiger partial charge in [0.05, 0.1) is 10.6 Å². The largest absolute Gasteiger partial charge is 0.478 e. The van der Waals surface area contributed by atoms with Crippen molar-refractivity contribution in [3.8, 4) is 0 Å². The highest BCUT2D eigenvalue weighted by atomic mass is 35.5. The molecule has 0 aliphatic carbocycles. The van der Waals surface area contributed by atoms with Gasteiger partial charge in [-0.05, 0) is 18.2 Å². The Balaban J connectivity index is 1.87. The van der Waals surface area contributed by atoms with E-state index in [0.717, 1.165) is 20.0 Å². The first-order chi connectivity index (χ1) is 10.2. The monoisotopic (exact) mass is 335 g/mol. The van der Waals surface area contributed by atoms with Crippen LogP contribution in [0.5, 0.6) is 0 Å². The molecule has 3 nitrogen and oxygen atoms in total. The Morgan fingerprint density at radius 3 is 2.86 bits per heavy atom. The van der Waals surface area contributed by atoms with Gasteiger partial charge in [0.1, 0.15) is 5.03 Å². The van der Waals surface area contributed by atoms with Crippen molar-refractivity contribution in [2.75, 3.05) is 0 Å². The van der Waals surface area contributed by atoms with E-state index in [1.807, 2.05) is 24.3 Å². The first-order valence-electron chi connectivity index (χ1n) is 6.14. The maximum Gasteiger partial charge on any atom is 0.338 e. The van der Waals surface area contributed by atoms with Gasteiger partial charge in [-0.15, -0.1) is 11.3 Å². The Morgan fingerprint density at radius 2 is 2.10 bits per heavy atom. The minimum absolute atomic E-state index is 0.222. The van der Waals surface area contributed by atoms with Gasteiger partial charge in [-0.3, -0.25) is 0 Å². The Morgan fingerprint density at radius 1 is 1.29 bits per heavy atom. The third-order valence-corrected chi connectivity index (χ3v) is 5.87. The molecule has 0 spiro atoms. The fourth-order valence-corrected chi connectivity index (χ4v) is 4.61. The molecule has 6 heteroatoms. The van der Waals surface area contributed by atoms with Gasteiger partial charge in [-0.25, -0.2) is 9.78 Å². The highest BCUT2D eigenvalue weighted by molar-refractivity contribution is 7.98. The lowest BCUT2D eigenvalue weighted by Crippen LogP contribution is -2.00. The van der Waals surface area contributed by atoms with Crippen LogP contribution in [-0.4, -0.2) is 16.1 Å². The van der Waals surface area contributed by atoms with Crippen LogP contribution in [0.25, 0.3) is 10.1 Å². The van der Waals surface area contributed by atoms with E-state index >= 15 is 0 Å². The molecule has 21 heavy (non-hydrogen) atoms. The highest BCUT2D eigenvalue weighted by Gasteiger charge is 2.14. The van der Waals surface area contributed by atoms with Gasteiger partial charge in [-0.1, -0.05) is 41.6 Å². The maximum absolute atomic E-state index is 11.2. The molecule has 0 bridgehead atoms. The second-order valence-electron chi connectivity index (χ2n) is 4.29. The lowest BCUT2D eigenvalue weighted by molar-refractivity contribution is 0.0692. The number of rotatable bonds is 4. The zero-order valence-corrected chi connectivity index (χ0v) is 13.1. The summed E-state index contributed by atoms with van der Waals surface area (Å²) < 4.78 is 1.14. The summed E-state index contributed by atoms with van der Waals surface area (Å²) in [5.74, 6) is -0.358. The molecule has 0 aliphatic rings. The van der Waals surface area contributed by atoms with Gasteiger partial charge in [0.25, 0.3) is 0 Å². The topological polar surface area (TPSA) is 50.2 Å². The summed E-state index contributed by atoms with van der Waals surface area (Å²) in [6.45, 7) is 0. The molecule has 0 saturated heterocycles. The molecule has 3 aromatic rings. The first-order valence-corrected chi connectivity index (χ1v) is 8.32. The molecular formula is C15H10ClNO2S2. The van der Waals surface area contributed by atoms with Gasteiger partial charge in [0.2, 0.25) is 0 Å². The summed E-state index contributed by atoms with van der Waals surface area (Å²) in [5, 5.41) is 11.5. The van der Waals surface area contributed by atoms with E-state index in [9.17, 15) is 4.79 Å². The van der Waals surface area contributed by atoms with E-state index in [4.69, 9.17) is 16.7 Å². The summed E-state index contributed by atoms with van der Waals surface area (Å²) in [5.41, 5.74) is 0.222. The number of aromatic nitrogens is 1. The van der Waals surface area contributed by atoms with Crippen LogP contribution in [0.15, 0.2) is 47.6 Å². The predicted molar refractivity (Wildman–Crippen MR) is 87.6 cm³/mol. The van der Waals surface area contributed by atoms with Crippen LogP contribution in [-0.2, 0) is 5.75 Å². The average molecular weight is 336 g/mol. The quantitative estimate of drug-likeness (QED) is 0.686. The summed E-state index contributed by atoms with van der Waals surface area (Å²) in [4.78, 5) is 16.3. The molecule has 0 atom stereocenters.